The minimum atomic E-state index is -0.126. The molecule has 3 nitrogen and oxygen atoms in total. The van der Waals surface area contributed by atoms with E-state index in [9.17, 15) is 4.79 Å². The molecule has 0 saturated carbocycles. The van der Waals surface area contributed by atoms with E-state index in [-0.39, 0.29) is 5.78 Å². The number of hydrogen-bond acceptors (Lipinski definition) is 3. The Balaban J connectivity index is 2.25. The van der Waals surface area contributed by atoms with Crippen molar-refractivity contribution in [1.82, 2.24) is 5.16 Å². The fourth-order valence-electron chi connectivity index (χ4n) is 2.20. The van der Waals surface area contributed by atoms with Gasteiger partial charge in [-0.15, -0.1) is 0 Å². The molecule has 0 radical (unpaired) electrons. The first kappa shape index (κ1) is 12.4. The predicted octanol–water partition coefficient (Wildman–Crippen LogP) is 4.21. The van der Waals surface area contributed by atoms with Crippen molar-refractivity contribution in [1.29, 1.82) is 0 Å². The molecule has 98 valence electrons. The van der Waals surface area contributed by atoms with E-state index in [0.717, 1.165) is 16.7 Å². The van der Waals surface area contributed by atoms with Crippen LogP contribution in [-0.2, 0) is 0 Å². The predicted molar refractivity (Wildman–Crippen MR) is 77.4 cm³/mol. The summed E-state index contributed by atoms with van der Waals surface area (Å²) in [5.74, 6) is 0.175. The van der Waals surface area contributed by atoms with Crippen LogP contribution >= 0.6 is 0 Å². The van der Waals surface area contributed by atoms with Gasteiger partial charge in [0.2, 0.25) is 5.76 Å². The molecule has 0 unspecified atom stereocenters. The van der Waals surface area contributed by atoms with Gasteiger partial charge in [-0.25, -0.2) is 0 Å². The monoisotopic (exact) mass is 263 g/mol. The third-order valence-electron chi connectivity index (χ3n) is 3.12. The second kappa shape index (κ2) is 5.13. The van der Waals surface area contributed by atoms with Crippen LogP contribution in [0.1, 0.15) is 17.5 Å². The van der Waals surface area contributed by atoms with Gasteiger partial charge in [0.1, 0.15) is 5.69 Å². The largest absolute Gasteiger partial charge is 0.352 e. The summed E-state index contributed by atoms with van der Waals surface area (Å²) < 4.78 is 5.27. The Morgan fingerprint density at radius 3 is 2.00 bits per heavy atom. The molecule has 20 heavy (non-hydrogen) atoms. The number of ketones is 1. The van der Waals surface area contributed by atoms with E-state index in [2.05, 4.69) is 5.16 Å². The number of rotatable bonds is 3. The lowest BCUT2D eigenvalue weighted by Gasteiger charge is -2.03. The zero-order valence-corrected chi connectivity index (χ0v) is 11.0. The molecule has 1 aromatic heterocycles. The molecule has 0 spiro atoms. The van der Waals surface area contributed by atoms with Gasteiger partial charge in [-0.3, -0.25) is 4.79 Å². The van der Waals surface area contributed by atoms with Gasteiger partial charge in [-0.1, -0.05) is 65.8 Å². The van der Waals surface area contributed by atoms with Gasteiger partial charge in [0, 0.05) is 12.5 Å². The SMILES string of the molecule is CC(=O)c1onc(-c2ccccc2)c1-c1ccccc1. The Morgan fingerprint density at radius 1 is 0.900 bits per heavy atom. The summed E-state index contributed by atoms with van der Waals surface area (Å²) in [6.07, 6.45) is 0. The van der Waals surface area contributed by atoms with Gasteiger partial charge in [-0.05, 0) is 5.56 Å². The maximum Gasteiger partial charge on any atom is 0.210 e. The maximum absolute atomic E-state index is 11.8. The first-order chi connectivity index (χ1) is 9.77. The third-order valence-corrected chi connectivity index (χ3v) is 3.12. The highest BCUT2D eigenvalue weighted by Crippen LogP contribution is 2.34. The molecule has 0 bridgehead atoms. The van der Waals surface area contributed by atoms with E-state index < -0.39 is 0 Å². The maximum atomic E-state index is 11.8. The molecule has 0 atom stereocenters. The molecule has 0 N–H and O–H groups in total. The summed E-state index contributed by atoms with van der Waals surface area (Å²) in [5.41, 5.74) is 3.31. The zero-order valence-electron chi connectivity index (χ0n) is 11.0. The van der Waals surface area contributed by atoms with Gasteiger partial charge in [-0.2, -0.15) is 0 Å². The normalized spacial score (nSPS) is 10.4. The van der Waals surface area contributed by atoms with E-state index in [1.54, 1.807) is 0 Å². The number of carbonyl (C=O) groups is 1. The third kappa shape index (κ3) is 2.14. The Kier molecular flexibility index (Phi) is 3.17. The van der Waals surface area contributed by atoms with Gasteiger partial charge >= 0.3 is 0 Å². The van der Waals surface area contributed by atoms with Crippen molar-refractivity contribution in [2.75, 3.05) is 0 Å². The fourth-order valence-corrected chi connectivity index (χ4v) is 2.20. The molecule has 0 aliphatic carbocycles. The summed E-state index contributed by atoms with van der Waals surface area (Å²) in [7, 11) is 0. The van der Waals surface area contributed by atoms with Crippen LogP contribution in [0.2, 0.25) is 0 Å². The van der Waals surface area contributed by atoms with Crippen molar-refractivity contribution in [3.63, 3.8) is 0 Å². The van der Waals surface area contributed by atoms with Crippen molar-refractivity contribution in [3.05, 3.63) is 66.4 Å². The van der Waals surface area contributed by atoms with Crippen LogP contribution in [0.3, 0.4) is 0 Å². The van der Waals surface area contributed by atoms with Crippen LogP contribution < -0.4 is 0 Å². The highest BCUT2D eigenvalue weighted by molar-refractivity contribution is 6.01. The van der Waals surface area contributed by atoms with Gasteiger partial charge < -0.3 is 4.52 Å². The molecule has 3 aromatic rings. The van der Waals surface area contributed by atoms with E-state index in [0.29, 0.717) is 11.5 Å². The molecule has 0 aliphatic rings. The Labute approximate surface area is 116 Å². The average molecular weight is 263 g/mol. The number of Topliss-reactive ketones (excluding diaryl/α,β-unsaturated/α-hetero) is 1. The number of aromatic nitrogens is 1. The van der Waals surface area contributed by atoms with Crippen LogP contribution in [0.25, 0.3) is 22.4 Å². The second-order valence-electron chi connectivity index (χ2n) is 4.52. The van der Waals surface area contributed by atoms with Crippen LogP contribution in [0.15, 0.2) is 65.2 Å². The van der Waals surface area contributed by atoms with Crippen molar-refractivity contribution < 1.29 is 9.32 Å². The molecular weight excluding hydrogens is 250 g/mol. The van der Waals surface area contributed by atoms with Crippen LogP contribution in [-0.4, -0.2) is 10.9 Å². The Bertz CT molecular complexity index is 730. The van der Waals surface area contributed by atoms with E-state index in [1.165, 1.54) is 6.92 Å². The summed E-state index contributed by atoms with van der Waals surface area (Å²) in [6, 6.07) is 19.4. The molecule has 1 heterocycles. The molecular formula is C17H13NO2. The molecule has 0 aliphatic heterocycles. The van der Waals surface area contributed by atoms with Crippen LogP contribution in [0, 0.1) is 0 Å². The molecule has 0 saturated heterocycles. The van der Waals surface area contributed by atoms with Crippen molar-refractivity contribution in [3.8, 4) is 22.4 Å². The smallest absolute Gasteiger partial charge is 0.210 e. The lowest BCUT2D eigenvalue weighted by molar-refractivity contribution is 0.0979. The minimum Gasteiger partial charge on any atom is -0.352 e. The molecule has 2 aromatic carbocycles. The standard InChI is InChI=1S/C17H13NO2/c1-12(19)17-15(13-8-4-2-5-9-13)16(18-20-17)14-10-6-3-7-11-14/h2-11H,1H3. The minimum absolute atomic E-state index is 0.126. The van der Waals surface area contributed by atoms with Crippen molar-refractivity contribution in [2.45, 2.75) is 6.92 Å². The van der Waals surface area contributed by atoms with Gasteiger partial charge in [0.05, 0.1) is 5.56 Å². The first-order valence-corrected chi connectivity index (χ1v) is 6.39. The summed E-state index contributed by atoms with van der Waals surface area (Å²) in [4.78, 5) is 11.8. The molecule has 3 heteroatoms. The van der Waals surface area contributed by atoms with Crippen molar-refractivity contribution >= 4 is 5.78 Å². The number of hydrogen-bond donors (Lipinski definition) is 0. The Hall–Kier alpha value is -2.68. The first-order valence-electron chi connectivity index (χ1n) is 6.39. The lowest BCUT2D eigenvalue weighted by Crippen LogP contribution is -1.93. The highest BCUT2D eigenvalue weighted by atomic mass is 16.5. The highest BCUT2D eigenvalue weighted by Gasteiger charge is 2.21. The topological polar surface area (TPSA) is 43.1 Å². The second-order valence-corrected chi connectivity index (χ2v) is 4.52. The fraction of sp³-hybridized carbons (Fsp3) is 0.0588. The van der Waals surface area contributed by atoms with E-state index in [1.807, 2.05) is 60.7 Å². The number of nitrogens with zero attached hydrogens (tertiary/aromatic N) is 1. The summed E-state index contributed by atoms with van der Waals surface area (Å²) >= 11 is 0. The quantitative estimate of drug-likeness (QED) is 0.665. The summed E-state index contributed by atoms with van der Waals surface area (Å²) in [5, 5.41) is 4.09. The number of benzene rings is 2. The van der Waals surface area contributed by atoms with Crippen LogP contribution in [0.5, 0.6) is 0 Å². The van der Waals surface area contributed by atoms with Gasteiger partial charge in [0.15, 0.2) is 5.78 Å². The molecule has 0 fully saturated rings. The Morgan fingerprint density at radius 2 is 1.45 bits per heavy atom. The lowest BCUT2D eigenvalue weighted by atomic mass is 9.98. The summed E-state index contributed by atoms with van der Waals surface area (Å²) in [6.45, 7) is 1.49. The van der Waals surface area contributed by atoms with Gasteiger partial charge in [0.25, 0.3) is 0 Å². The number of carbonyl (C=O) groups excluding carboxylic acids is 1. The van der Waals surface area contributed by atoms with Crippen molar-refractivity contribution in [2.24, 2.45) is 0 Å². The zero-order chi connectivity index (χ0) is 13.9. The molecule has 0 amide bonds. The van der Waals surface area contributed by atoms with E-state index in [4.69, 9.17) is 4.52 Å². The molecule has 3 rings (SSSR count). The van der Waals surface area contributed by atoms with E-state index >= 15 is 0 Å². The average Bonchev–Trinajstić information content (AvgIpc) is 2.94. The van der Waals surface area contributed by atoms with Crippen LogP contribution in [0.4, 0.5) is 0 Å².